The summed E-state index contributed by atoms with van der Waals surface area (Å²) in [5.41, 5.74) is 2.67. The van der Waals surface area contributed by atoms with E-state index in [1.807, 2.05) is 29.2 Å². The van der Waals surface area contributed by atoms with E-state index in [-0.39, 0.29) is 5.91 Å². The summed E-state index contributed by atoms with van der Waals surface area (Å²) in [5, 5.41) is 1.55. The number of benzene rings is 2. The lowest BCUT2D eigenvalue weighted by molar-refractivity contribution is -0.146. The van der Waals surface area contributed by atoms with Crippen molar-refractivity contribution in [2.75, 3.05) is 18.0 Å². The van der Waals surface area contributed by atoms with Crippen LogP contribution < -0.4 is 4.90 Å². The van der Waals surface area contributed by atoms with Crippen LogP contribution in [0.1, 0.15) is 28.8 Å². The maximum atomic E-state index is 13.0. The molecule has 1 fully saturated rings. The molecule has 0 bridgehead atoms. The minimum Gasteiger partial charge on any atom is -0.363 e. The molecule has 0 unspecified atom stereocenters. The van der Waals surface area contributed by atoms with Crippen molar-refractivity contribution in [3.63, 3.8) is 0 Å². The number of anilines is 1. The molecule has 2 aromatic carbocycles. The van der Waals surface area contributed by atoms with E-state index in [1.165, 1.54) is 5.56 Å². The van der Waals surface area contributed by atoms with Gasteiger partial charge in [0, 0.05) is 18.8 Å². The van der Waals surface area contributed by atoms with Gasteiger partial charge in [0.2, 0.25) is 5.91 Å². The molecule has 2 heterocycles. The molecular formula is C20H20N2O3. The Kier molecular flexibility index (Phi) is 4.24. The Bertz CT molecular complexity index is 791. The fourth-order valence-electron chi connectivity index (χ4n) is 3.58. The molecule has 0 spiro atoms. The fraction of sp³-hybridized carbons (Fsp3) is 0.300. The van der Waals surface area contributed by atoms with E-state index in [2.05, 4.69) is 6.07 Å². The quantitative estimate of drug-likeness (QED) is 0.865. The smallest absolute Gasteiger partial charge is 0.357 e. The number of hydrogen-bond acceptors (Lipinski definition) is 4. The summed E-state index contributed by atoms with van der Waals surface area (Å²) in [5.74, 6) is -0.398. The molecule has 1 amide bonds. The molecule has 2 aliphatic rings. The zero-order valence-corrected chi connectivity index (χ0v) is 13.9. The molecule has 0 aromatic heterocycles. The number of nitrogens with zero attached hydrogens (tertiary/aromatic N) is 2. The van der Waals surface area contributed by atoms with Gasteiger partial charge < -0.3 is 9.74 Å². The number of hydrogen-bond donors (Lipinski definition) is 0. The van der Waals surface area contributed by atoms with Gasteiger partial charge in [0.15, 0.2) is 0 Å². The summed E-state index contributed by atoms with van der Waals surface area (Å²) in [6.07, 6.45) is 2.42. The van der Waals surface area contributed by atoms with Gasteiger partial charge in [-0.2, -0.15) is 0 Å². The van der Waals surface area contributed by atoms with Crippen LogP contribution in [0.4, 0.5) is 5.69 Å². The van der Waals surface area contributed by atoms with Gasteiger partial charge >= 0.3 is 5.97 Å². The van der Waals surface area contributed by atoms with Gasteiger partial charge in [0.1, 0.15) is 6.04 Å². The van der Waals surface area contributed by atoms with Gasteiger partial charge in [-0.1, -0.05) is 36.4 Å². The predicted octanol–water partition coefficient (Wildman–Crippen LogP) is 2.81. The summed E-state index contributed by atoms with van der Waals surface area (Å²) < 4.78 is 0. The monoisotopic (exact) mass is 336 g/mol. The van der Waals surface area contributed by atoms with E-state index >= 15 is 0 Å². The maximum absolute atomic E-state index is 13.0. The van der Waals surface area contributed by atoms with Crippen LogP contribution in [0, 0.1) is 0 Å². The van der Waals surface area contributed by atoms with Crippen LogP contribution in [0.25, 0.3) is 0 Å². The van der Waals surface area contributed by atoms with Crippen molar-refractivity contribution in [2.24, 2.45) is 0 Å². The summed E-state index contributed by atoms with van der Waals surface area (Å²) in [4.78, 5) is 32.7. The van der Waals surface area contributed by atoms with Gasteiger partial charge in [-0.15, -0.1) is 5.06 Å². The topological polar surface area (TPSA) is 49.9 Å². The molecule has 128 valence electrons. The Labute approximate surface area is 146 Å². The molecule has 0 N–H and O–H groups in total. The highest BCUT2D eigenvalue weighted by molar-refractivity contribution is 5.99. The van der Waals surface area contributed by atoms with Crippen LogP contribution in [0.3, 0.4) is 0 Å². The number of hydroxylamine groups is 2. The third-order valence-corrected chi connectivity index (χ3v) is 4.85. The molecule has 1 atom stereocenters. The predicted molar refractivity (Wildman–Crippen MR) is 94.1 cm³/mol. The molecule has 5 nitrogen and oxygen atoms in total. The van der Waals surface area contributed by atoms with Gasteiger partial charge in [-0.05, 0) is 43.0 Å². The molecule has 4 rings (SSSR count). The summed E-state index contributed by atoms with van der Waals surface area (Å²) in [7, 11) is 0. The Balaban J connectivity index is 1.48. The van der Waals surface area contributed by atoms with Crippen LogP contribution in [0.2, 0.25) is 0 Å². The summed E-state index contributed by atoms with van der Waals surface area (Å²) in [6.45, 7) is 1.28. The SMILES string of the molecule is O=C(ON1CCC[C@@H]1C(=O)N1CCc2ccccc21)c1ccccc1. The highest BCUT2D eigenvalue weighted by Crippen LogP contribution is 2.30. The third-order valence-electron chi connectivity index (χ3n) is 4.85. The highest BCUT2D eigenvalue weighted by atomic mass is 16.7. The number of amides is 1. The summed E-state index contributed by atoms with van der Waals surface area (Å²) >= 11 is 0. The van der Waals surface area contributed by atoms with Crippen molar-refractivity contribution in [1.82, 2.24) is 5.06 Å². The van der Waals surface area contributed by atoms with E-state index in [4.69, 9.17) is 4.84 Å². The molecule has 0 aliphatic carbocycles. The lowest BCUT2D eigenvalue weighted by Crippen LogP contribution is -2.45. The third kappa shape index (κ3) is 3.03. The Morgan fingerprint density at radius 1 is 0.960 bits per heavy atom. The first-order valence-corrected chi connectivity index (χ1v) is 8.67. The van der Waals surface area contributed by atoms with Crippen molar-refractivity contribution in [2.45, 2.75) is 25.3 Å². The molecule has 5 heteroatoms. The first kappa shape index (κ1) is 15.8. The Morgan fingerprint density at radius 2 is 1.72 bits per heavy atom. The molecule has 25 heavy (non-hydrogen) atoms. The second-order valence-corrected chi connectivity index (χ2v) is 6.41. The van der Waals surface area contributed by atoms with E-state index < -0.39 is 12.0 Å². The van der Waals surface area contributed by atoms with Crippen molar-refractivity contribution in [1.29, 1.82) is 0 Å². The Morgan fingerprint density at radius 3 is 2.56 bits per heavy atom. The van der Waals surface area contributed by atoms with E-state index in [9.17, 15) is 9.59 Å². The van der Waals surface area contributed by atoms with Crippen LogP contribution in [-0.4, -0.2) is 36.1 Å². The van der Waals surface area contributed by atoms with Crippen LogP contribution in [-0.2, 0) is 16.1 Å². The normalized spacial score (nSPS) is 19.7. The van der Waals surface area contributed by atoms with Gasteiger partial charge in [-0.25, -0.2) is 4.79 Å². The van der Waals surface area contributed by atoms with Gasteiger partial charge in [-0.3, -0.25) is 4.79 Å². The second kappa shape index (κ2) is 6.69. The lowest BCUT2D eigenvalue weighted by atomic mass is 10.1. The fourth-order valence-corrected chi connectivity index (χ4v) is 3.58. The lowest BCUT2D eigenvalue weighted by Gasteiger charge is -2.27. The minimum absolute atomic E-state index is 0.0170. The molecule has 1 saturated heterocycles. The number of carbonyl (C=O) groups excluding carboxylic acids is 2. The van der Waals surface area contributed by atoms with Gasteiger partial charge in [0.05, 0.1) is 5.56 Å². The van der Waals surface area contributed by atoms with E-state index in [0.29, 0.717) is 25.1 Å². The maximum Gasteiger partial charge on any atom is 0.357 e. The van der Waals surface area contributed by atoms with E-state index in [1.54, 1.807) is 29.3 Å². The average molecular weight is 336 g/mol. The Hall–Kier alpha value is -2.66. The van der Waals surface area contributed by atoms with Crippen molar-refractivity contribution < 1.29 is 14.4 Å². The van der Waals surface area contributed by atoms with Crippen LogP contribution in [0.15, 0.2) is 54.6 Å². The first-order chi connectivity index (χ1) is 12.2. The van der Waals surface area contributed by atoms with Crippen molar-refractivity contribution >= 4 is 17.6 Å². The van der Waals surface area contributed by atoms with Crippen molar-refractivity contribution in [3.05, 3.63) is 65.7 Å². The number of para-hydroxylation sites is 1. The molecule has 2 aromatic rings. The largest absolute Gasteiger partial charge is 0.363 e. The molecule has 0 radical (unpaired) electrons. The average Bonchev–Trinajstić information content (AvgIpc) is 3.29. The standard InChI is InChI=1S/C20H20N2O3/c23-19(21-14-12-15-7-4-5-10-17(15)21)18-11-6-13-22(18)25-20(24)16-8-2-1-3-9-16/h1-5,7-10,18H,6,11-14H2/t18-/m1/s1. The second-order valence-electron chi connectivity index (χ2n) is 6.41. The number of rotatable bonds is 3. The van der Waals surface area contributed by atoms with Gasteiger partial charge in [0.25, 0.3) is 0 Å². The number of carbonyl (C=O) groups is 2. The van der Waals surface area contributed by atoms with Crippen molar-refractivity contribution in [3.8, 4) is 0 Å². The highest BCUT2D eigenvalue weighted by Gasteiger charge is 2.38. The summed E-state index contributed by atoms with van der Waals surface area (Å²) in [6, 6.07) is 16.5. The van der Waals surface area contributed by atoms with E-state index in [0.717, 1.165) is 18.5 Å². The molecular weight excluding hydrogens is 316 g/mol. The van der Waals surface area contributed by atoms with Crippen LogP contribution in [0.5, 0.6) is 0 Å². The number of fused-ring (bicyclic) bond motifs is 1. The minimum atomic E-state index is -0.415. The first-order valence-electron chi connectivity index (χ1n) is 8.67. The molecule has 2 aliphatic heterocycles. The zero-order chi connectivity index (χ0) is 17.2. The van der Waals surface area contributed by atoms with Crippen LogP contribution >= 0.6 is 0 Å². The zero-order valence-electron chi connectivity index (χ0n) is 13.9. The molecule has 0 saturated carbocycles.